The highest BCUT2D eigenvalue weighted by Gasteiger charge is 2.19. The minimum Gasteiger partial charge on any atom is -0.395 e. The first kappa shape index (κ1) is 14.4. The fourth-order valence-electron chi connectivity index (χ4n) is 0.405. The molecule has 5 N–H and O–H groups in total. The zero-order valence-electron chi connectivity index (χ0n) is 7.78. The summed E-state index contributed by atoms with van der Waals surface area (Å²) < 4.78 is 0. The Kier molecular flexibility index (Phi) is 9.91. The number of aliphatic hydroxyl groups excluding tert-OH is 2. The smallest absolute Gasteiger partial charge is 0.258 e. The molecule has 1 atom stereocenters. The van der Waals surface area contributed by atoms with Crippen molar-refractivity contribution in [3.05, 3.63) is 0 Å². The molecule has 0 bridgehead atoms. The van der Waals surface area contributed by atoms with Crippen molar-refractivity contribution in [1.29, 1.82) is 0 Å². The Balaban J connectivity index is 0. The summed E-state index contributed by atoms with van der Waals surface area (Å²) in [5.41, 5.74) is 4.60. The molecule has 0 aromatic heterocycles. The highest BCUT2D eigenvalue weighted by molar-refractivity contribution is 6.02. The van der Waals surface area contributed by atoms with Crippen molar-refractivity contribution < 1.29 is 19.8 Å². The molecule has 13 heavy (non-hydrogen) atoms. The molecule has 0 aromatic rings. The summed E-state index contributed by atoms with van der Waals surface area (Å²) in [4.78, 5) is 20.7. The molecule has 0 aliphatic rings. The van der Waals surface area contributed by atoms with E-state index in [1.807, 2.05) is 13.8 Å². The molecule has 0 radical (unpaired) electrons. The van der Waals surface area contributed by atoms with E-state index in [0.29, 0.717) is 0 Å². The van der Waals surface area contributed by atoms with Crippen LogP contribution in [0.2, 0.25) is 0 Å². The molecule has 0 aliphatic carbocycles. The van der Waals surface area contributed by atoms with Gasteiger partial charge in [0.05, 0.1) is 6.61 Å². The van der Waals surface area contributed by atoms with Crippen molar-refractivity contribution in [2.24, 2.45) is 5.73 Å². The van der Waals surface area contributed by atoms with Gasteiger partial charge in [-0.15, -0.1) is 0 Å². The van der Waals surface area contributed by atoms with Gasteiger partial charge in [-0.25, -0.2) is 0 Å². The molecule has 0 spiro atoms. The lowest BCUT2D eigenvalue weighted by Gasteiger charge is -2.05. The molecule has 0 rings (SSSR count). The number of hydrogen-bond donors (Lipinski definition) is 4. The van der Waals surface area contributed by atoms with Crippen LogP contribution < -0.4 is 11.1 Å². The Morgan fingerprint density at radius 2 is 1.92 bits per heavy atom. The fourth-order valence-corrected chi connectivity index (χ4v) is 0.405. The monoisotopic (exact) mass is 192 g/mol. The average Bonchev–Trinajstić information content (AvgIpc) is 2.16. The van der Waals surface area contributed by atoms with Crippen LogP contribution in [0.5, 0.6) is 0 Å². The van der Waals surface area contributed by atoms with Gasteiger partial charge in [0.2, 0.25) is 6.10 Å². The van der Waals surface area contributed by atoms with Gasteiger partial charge in [0.1, 0.15) is 0 Å². The second-order valence-corrected chi connectivity index (χ2v) is 1.82. The summed E-state index contributed by atoms with van der Waals surface area (Å²) in [6.07, 6.45) is -1.83. The highest BCUT2D eigenvalue weighted by Crippen LogP contribution is 1.79. The van der Waals surface area contributed by atoms with Gasteiger partial charge >= 0.3 is 0 Å². The van der Waals surface area contributed by atoms with Crippen LogP contribution in [0, 0.1) is 0 Å². The lowest BCUT2D eigenvalue weighted by molar-refractivity contribution is -0.139. The predicted octanol–water partition coefficient (Wildman–Crippen LogP) is -2.03. The Labute approximate surface area is 76.7 Å². The van der Waals surface area contributed by atoms with Gasteiger partial charge in [-0.3, -0.25) is 9.59 Å². The highest BCUT2D eigenvalue weighted by atomic mass is 16.3. The number of carbonyl (C=O) groups excluding carboxylic acids is 2. The quantitative estimate of drug-likeness (QED) is 0.384. The molecule has 0 aliphatic heterocycles. The van der Waals surface area contributed by atoms with Gasteiger partial charge in [-0.1, -0.05) is 13.8 Å². The maximum absolute atomic E-state index is 10.6. The van der Waals surface area contributed by atoms with Gasteiger partial charge in [0, 0.05) is 6.54 Å². The summed E-state index contributed by atoms with van der Waals surface area (Å²) in [5.74, 6) is -2.01. The zero-order chi connectivity index (χ0) is 10.9. The molecule has 6 nitrogen and oxygen atoms in total. The number of nitrogens with one attached hydrogen (secondary N) is 1. The third kappa shape index (κ3) is 7.23. The van der Waals surface area contributed by atoms with Crippen molar-refractivity contribution in [3.8, 4) is 0 Å². The number of carbonyl (C=O) groups is 2. The SMILES string of the molecule is CC.NC(=O)C(O)C(=O)NCCO. The lowest BCUT2D eigenvalue weighted by atomic mass is 10.3. The van der Waals surface area contributed by atoms with Crippen molar-refractivity contribution in [1.82, 2.24) is 5.32 Å². The van der Waals surface area contributed by atoms with E-state index in [0.717, 1.165) is 0 Å². The van der Waals surface area contributed by atoms with E-state index in [9.17, 15) is 9.59 Å². The molecule has 0 aromatic carbocycles. The first-order valence-corrected chi connectivity index (χ1v) is 3.95. The molecule has 6 heteroatoms. The third-order valence-corrected chi connectivity index (χ3v) is 0.929. The predicted molar refractivity (Wildman–Crippen MR) is 46.6 cm³/mol. The van der Waals surface area contributed by atoms with E-state index in [4.69, 9.17) is 10.2 Å². The molecule has 1 unspecified atom stereocenters. The Morgan fingerprint density at radius 3 is 2.23 bits per heavy atom. The van der Waals surface area contributed by atoms with E-state index in [2.05, 4.69) is 11.1 Å². The Morgan fingerprint density at radius 1 is 1.46 bits per heavy atom. The van der Waals surface area contributed by atoms with E-state index in [1.54, 1.807) is 0 Å². The summed E-state index contributed by atoms with van der Waals surface area (Å²) in [6, 6.07) is 0. The standard InChI is InChI=1S/C5H10N2O4.C2H6/c6-4(10)3(9)5(11)7-1-2-8;1-2/h3,8-9H,1-2H2,(H2,6,10)(H,7,11);1-2H3. The molecule has 0 fully saturated rings. The van der Waals surface area contributed by atoms with Crippen LogP contribution in [-0.2, 0) is 9.59 Å². The van der Waals surface area contributed by atoms with Gasteiger partial charge in [-0.2, -0.15) is 0 Å². The molecule has 0 saturated carbocycles. The van der Waals surface area contributed by atoms with Crippen molar-refractivity contribution in [2.45, 2.75) is 20.0 Å². The number of rotatable bonds is 4. The first-order valence-electron chi connectivity index (χ1n) is 3.95. The van der Waals surface area contributed by atoms with Crippen LogP contribution >= 0.6 is 0 Å². The second-order valence-electron chi connectivity index (χ2n) is 1.82. The summed E-state index contributed by atoms with van der Waals surface area (Å²) in [7, 11) is 0. The summed E-state index contributed by atoms with van der Waals surface area (Å²) in [5, 5.41) is 19.0. The topological polar surface area (TPSA) is 113 Å². The maximum Gasteiger partial charge on any atom is 0.258 e. The van der Waals surface area contributed by atoms with Crippen molar-refractivity contribution in [2.75, 3.05) is 13.2 Å². The zero-order valence-corrected chi connectivity index (χ0v) is 7.78. The number of primary amides is 1. The fraction of sp³-hybridized carbons (Fsp3) is 0.714. The number of aliphatic hydroxyl groups is 2. The lowest BCUT2D eigenvalue weighted by Crippen LogP contribution is -2.43. The van der Waals surface area contributed by atoms with Gasteiger partial charge in [0.25, 0.3) is 11.8 Å². The van der Waals surface area contributed by atoms with Crippen LogP contribution in [0.3, 0.4) is 0 Å². The average molecular weight is 192 g/mol. The van der Waals surface area contributed by atoms with Gasteiger partial charge in [-0.05, 0) is 0 Å². The largest absolute Gasteiger partial charge is 0.395 e. The third-order valence-electron chi connectivity index (χ3n) is 0.929. The van der Waals surface area contributed by atoms with Crippen LogP contribution in [0.15, 0.2) is 0 Å². The number of nitrogens with two attached hydrogens (primary N) is 1. The van der Waals surface area contributed by atoms with E-state index in [-0.39, 0.29) is 13.2 Å². The van der Waals surface area contributed by atoms with Crippen LogP contribution in [0.1, 0.15) is 13.8 Å². The molecular weight excluding hydrogens is 176 g/mol. The minimum atomic E-state index is -1.83. The van der Waals surface area contributed by atoms with Crippen LogP contribution in [0.25, 0.3) is 0 Å². The van der Waals surface area contributed by atoms with Crippen molar-refractivity contribution >= 4 is 11.8 Å². The van der Waals surface area contributed by atoms with E-state index >= 15 is 0 Å². The first-order chi connectivity index (χ1) is 6.09. The molecule has 0 heterocycles. The van der Waals surface area contributed by atoms with Crippen molar-refractivity contribution in [3.63, 3.8) is 0 Å². The molecule has 78 valence electrons. The van der Waals surface area contributed by atoms with Gasteiger partial charge in [0.15, 0.2) is 0 Å². The molecule has 2 amide bonds. The van der Waals surface area contributed by atoms with Crippen LogP contribution in [0.4, 0.5) is 0 Å². The van der Waals surface area contributed by atoms with Crippen LogP contribution in [-0.4, -0.2) is 41.3 Å². The second kappa shape index (κ2) is 8.95. The Hall–Kier alpha value is -1.14. The number of amides is 2. The van der Waals surface area contributed by atoms with Gasteiger partial charge < -0.3 is 21.3 Å². The summed E-state index contributed by atoms with van der Waals surface area (Å²) >= 11 is 0. The maximum atomic E-state index is 10.6. The normalized spacial score (nSPS) is 10.8. The number of hydrogen-bond acceptors (Lipinski definition) is 4. The Bertz CT molecular complexity index is 161. The molecule has 0 saturated heterocycles. The van der Waals surface area contributed by atoms with E-state index in [1.165, 1.54) is 0 Å². The van der Waals surface area contributed by atoms with E-state index < -0.39 is 17.9 Å². The minimum absolute atomic E-state index is 0.0107. The molecular formula is C7H16N2O4. The summed E-state index contributed by atoms with van der Waals surface area (Å²) in [6.45, 7) is 3.74.